The third-order valence-corrected chi connectivity index (χ3v) is 4.28. The molecule has 0 heterocycles. The number of nitrogens with one attached hydrogen (secondary N) is 1. The molecule has 2 aromatic carbocycles. The average Bonchev–Trinajstić information content (AvgIpc) is 2.61. The summed E-state index contributed by atoms with van der Waals surface area (Å²) in [7, 11) is 0. The highest BCUT2D eigenvalue weighted by Crippen LogP contribution is 2.21. The summed E-state index contributed by atoms with van der Waals surface area (Å²) in [5.41, 5.74) is 3.03. The normalized spacial score (nSPS) is 12.1. The van der Waals surface area contributed by atoms with Gasteiger partial charge in [0.2, 0.25) is 0 Å². The van der Waals surface area contributed by atoms with Gasteiger partial charge in [-0.1, -0.05) is 35.9 Å². The Hall–Kier alpha value is -2.04. The number of benzene rings is 2. The van der Waals surface area contributed by atoms with Crippen LogP contribution in [0.5, 0.6) is 5.75 Å². The fourth-order valence-corrected chi connectivity index (χ4v) is 2.49. The number of rotatable bonds is 8. The standard InChI is InChI=1S/C21H26ClNO3/c1-14(2)25-13-18-7-5-6-17(11-18)12-23-21(24)16(4)26-19-8-9-20(22)15(3)10-19/h5-11,14,16H,12-13H2,1-4H3,(H,23,24). The number of aryl methyl sites for hydroxylation is 1. The summed E-state index contributed by atoms with van der Waals surface area (Å²) in [6.45, 7) is 8.65. The fraction of sp³-hybridized carbons (Fsp3) is 0.381. The first-order chi connectivity index (χ1) is 12.3. The van der Waals surface area contributed by atoms with E-state index in [0.717, 1.165) is 16.7 Å². The molecule has 0 aliphatic heterocycles. The summed E-state index contributed by atoms with van der Waals surface area (Å²) in [6, 6.07) is 13.4. The van der Waals surface area contributed by atoms with Crippen LogP contribution in [-0.4, -0.2) is 18.1 Å². The Morgan fingerprint density at radius 1 is 1.12 bits per heavy atom. The molecule has 0 spiro atoms. The van der Waals surface area contributed by atoms with E-state index in [9.17, 15) is 4.79 Å². The maximum Gasteiger partial charge on any atom is 0.261 e. The molecule has 2 rings (SSSR count). The number of hydrogen-bond acceptors (Lipinski definition) is 3. The van der Waals surface area contributed by atoms with Crippen molar-refractivity contribution in [2.24, 2.45) is 0 Å². The molecule has 0 aromatic heterocycles. The van der Waals surface area contributed by atoms with Crippen LogP contribution in [0.4, 0.5) is 0 Å². The third-order valence-electron chi connectivity index (χ3n) is 3.85. The molecule has 140 valence electrons. The number of amides is 1. The SMILES string of the molecule is Cc1cc(OC(C)C(=O)NCc2cccc(COC(C)C)c2)ccc1Cl. The molecule has 5 heteroatoms. The van der Waals surface area contributed by atoms with Gasteiger partial charge in [-0.25, -0.2) is 0 Å². The van der Waals surface area contributed by atoms with Gasteiger partial charge in [-0.3, -0.25) is 4.79 Å². The maximum absolute atomic E-state index is 12.3. The molecular formula is C21H26ClNO3. The summed E-state index contributed by atoms with van der Waals surface area (Å²) in [5, 5.41) is 3.58. The second-order valence-corrected chi connectivity index (χ2v) is 6.98. The lowest BCUT2D eigenvalue weighted by Gasteiger charge is -2.16. The first kappa shape index (κ1) is 20.3. The molecule has 1 unspecified atom stereocenters. The Morgan fingerprint density at radius 2 is 1.85 bits per heavy atom. The van der Waals surface area contributed by atoms with Crippen LogP contribution in [0.15, 0.2) is 42.5 Å². The van der Waals surface area contributed by atoms with Crippen molar-refractivity contribution in [1.29, 1.82) is 0 Å². The molecular weight excluding hydrogens is 350 g/mol. The van der Waals surface area contributed by atoms with Gasteiger partial charge in [-0.2, -0.15) is 0 Å². The van der Waals surface area contributed by atoms with Gasteiger partial charge >= 0.3 is 0 Å². The lowest BCUT2D eigenvalue weighted by atomic mass is 10.1. The predicted octanol–water partition coefficient (Wildman–Crippen LogP) is 4.66. The Labute approximate surface area is 160 Å². The Kier molecular flexibility index (Phi) is 7.49. The molecule has 26 heavy (non-hydrogen) atoms. The number of ether oxygens (including phenoxy) is 2. The second kappa shape index (κ2) is 9.60. The summed E-state index contributed by atoms with van der Waals surface area (Å²) in [6.07, 6.45) is -0.407. The average molecular weight is 376 g/mol. The highest BCUT2D eigenvalue weighted by molar-refractivity contribution is 6.31. The lowest BCUT2D eigenvalue weighted by Crippen LogP contribution is -2.35. The monoisotopic (exact) mass is 375 g/mol. The van der Waals surface area contributed by atoms with Gasteiger partial charge in [0.05, 0.1) is 12.7 Å². The predicted molar refractivity (Wildman–Crippen MR) is 104 cm³/mol. The molecule has 1 N–H and O–H groups in total. The van der Waals surface area contributed by atoms with Gasteiger partial charge in [-0.15, -0.1) is 0 Å². The first-order valence-corrected chi connectivity index (χ1v) is 9.13. The van der Waals surface area contributed by atoms with Crippen LogP contribution < -0.4 is 10.1 Å². The van der Waals surface area contributed by atoms with E-state index in [1.807, 2.05) is 51.1 Å². The molecule has 0 fully saturated rings. The highest BCUT2D eigenvalue weighted by atomic mass is 35.5. The minimum atomic E-state index is -0.594. The lowest BCUT2D eigenvalue weighted by molar-refractivity contribution is -0.127. The van der Waals surface area contributed by atoms with Gasteiger partial charge < -0.3 is 14.8 Å². The topological polar surface area (TPSA) is 47.6 Å². The second-order valence-electron chi connectivity index (χ2n) is 6.57. The van der Waals surface area contributed by atoms with Crippen LogP contribution in [0, 0.1) is 6.92 Å². The van der Waals surface area contributed by atoms with Crippen molar-refractivity contribution in [1.82, 2.24) is 5.32 Å². The molecule has 0 aliphatic carbocycles. The van der Waals surface area contributed by atoms with E-state index < -0.39 is 6.10 Å². The molecule has 2 aromatic rings. The molecule has 1 atom stereocenters. The molecule has 1 amide bonds. The van der Waals surface area contributed by atoms with Crippen LogP contribution in [-0.2, 0) is 22.7 Å². The van der Waals surface area contributed by atoms with Crippen LogP contribution in [0.1, 0.15) is 37.5 Å². The number of carbonyl (C=O) groups is 1. The van der Waals surface area contributed by atoms with Crippen LogP contribution >= 0.6 is 11.6 Å². The van der Waals surface area contributed by atoms with Crippen molar-refractivity contribution in [3.63, 3.8) is 0 Å². The number of hydrogen-bond donors (Lipinski definition) is 1. The molecule has 0 saturated carbocycles. The van der Waals surface area contributed by atoms with E-state index in [2.05, 4.69) is 5.32 Å². The van der Waals surface area contributed by atoms with Crippen LogP contribution in [0.3, 0.4) is 0 Å². The van der Waals surface area contributed by atoms with Gasteiger partial charge in [0.1, 0.15) is 5.75 Å². The van der Waals surface area contributed by atoms with E-state index in [0.29, 0.717) is 23.9 Å². The highest BCUT2D eigenvalue weighted by Gasteiger charge is 2.14. The zero-order valence-electron chi connectivity index (χ0n) is 15.7. The van der Waals surface area contributed by atoms with Crippen molar-refractivity contribution in [3.8, 4) is 5.75 Å². The van der Waals surface area contributed by atoms with Gasteiger partial charge in [-0.05, 0) is 62.6 Å². The maximum atomic E-state index is 12.3. The first-order valence-electron chi connectivity index (χ1n) is 8.75. The van der Waals surface area contributed by atoms with E-state index in [4.69, 9.17) is 21.1 Å². The van der Waals surface area contributed by atoms with E-state index in [-0.39, 0.29) is 12.0 Å². The van der Waals surface area contributed by atoms with Crippen molar-refractivity contribution in [2.75, 3.05) is 0 Å². The minimum absolute atomic E-state index is 0.165. The number of carbonyl (C=O) groups excluding carboxylic acids is 1. The van der Waals surface area contributed by atoms with E-state index >= 15 is 0 Å². The summed E-state index contributed by atoms with van der Waals surface area (Å²) >= 11 is 6.01. The van der Waals surface area contributed by atoms with Crippen molar-refractivity contribution in [3.05, 3.63) is 64.2 Å². The van der Waals surface area contributed by atoms with E-state index in [1.54, 1.807) is 19.1 Å². The van der Waals surface area contributed by atoms with Crippen molar-refractivity contribution >= 4 is 17.5 Å². The zero-order chi connectivity index (χ0) is 19.1. The molecule has 0 radical (unpaired) electrons. The molecule has 4 nitrogen and oxygen atoms in total. The Bertz CT molecular complexity index is 746. The fourth-order valence-electron chi connectivity index (χ4n) is 2.37. The minimum Gasteiger partial charge on any atom is -0.481 e. The zero-order valence-corrected chi connectivity index (χ0v) is 16.5. The molecule has 0 aliphatic rings. The Balaban J connectivity index is 1.87. The summed E-state index contributed by atoms with van der Waals surface area (Å²) in [4.78, 5) is 12.3. The molecule has 0 bridgehead atoms. The van der Waals surface area contributed by atoms with E-state index in [1.165, 1.54) is 0 Å². The summed E-state index contributed by atoms with van der Waals surface area (Å²) < 4.78 is 11.3. The van der Waals surface area contributed by atoms with Gasteiger partial charge in [0.25, 0.3) is 5.91 Å². The quantitative estimate of drug-likeness (QED) is 0.730. The van der Waals surface area contributed by atoms with Gasteiger partial charge in [0.15, 0.2) is 6.10 Å². The molecule has 0 saturated heterocycles. The van der Waals surface area contributed by atoms with Crippen molar-refractivity contribution < 1.29 is 14.3 Å². The third kappa shape index (κ3) is 6.36. The number of halogens is 1. The Morgan fingerprint density at radius 3 is 2.54 bits per heavy atom. The van der Waals surface area contributed by atoms with Crippen LogP contribution in [0.25, 0.3) is 0 Å². The van der Waals surface area contributed by atoms with Gasteiger partial charge in [0, 0.05) is 11.6 Å². The largest absolute Gasteiger partial charge is 0.481 e. The van der Waals surface area contributed by atoms with Crippen LogP contribution in [0.2, 0.25) is 5.02 Å². The van der Waals surface area contributed by atoms with Crippen molar-refractivity contribution in [2.45, 2.75) is 53.1 Å². The summed E-state index contributed by atoms with van der Waals surface area (Å²) in [5.74, 6) is 0.462. The smallest absolute Gasteiger partial charge is 0.261 e.